The topological polar surface area (TPSA) is 58.3 Å². The number of nitrogens with two attached hydrogens (primary N) is 1. The van der Waals surface area contributed by atoms with Gasteiger partial charge in [0.05, 0.1) is 6.10 Å². The van der Waals surface area contributed by atoms with Crippen molar-refractivity contribution in [2.45, 2.75) is 32.4 Å². The Bertz CT molecular complexity index is 88.1. The highest BCUT2D eigenvalue weighted by molar-refractivity contribution is 4.72. The van der Waals surface area contributed by atoms with Crippen LogP contribution in [0.2, 0.25) is 0 Å². The van der Waals surface area contributed by atoms with Gasteiger partial charge in [-0.3, -0.25) is 0 Å². The lowest BCUT2D eigenvalue weighted by Gasteiger charge is -2.22. The molecule has 62 valence electrons. The molecule has 0 bridgehead atoms. The minimum Gasteiger partial charge on any atom is -0.390 e. The summed E-state index contributed by atoms with van der Waals surface area (Å²) in [5, 5.41) is 12.2. The number of hydrogen-bond donors (Lipinski definition) is 3. The van der Waals surface area contributed by atoms with Crippen LogP contribution in [0.3, 0.4) is 0 Å². The second-order valence-corrected chi connectivity index (χ2v) is 3.52. The predicted octanol–water partition coefficient (Wildman–Crippen LogP) is -0.306. The van der Waals surface area contributed by atoms with Crippen molar-refractivity contribution in [2.24, 2.45) is 5.73 Å². The van der Waals surface area contributed by atoms with E-state index in [-0.39, 0.29) is 5.54 Å². The van der Waals surface area contributed by atoms with Crippen LogP contribution in [-0.2, 0) is 0 Å². The fraction of sp³-hybridized carbons (Fsp3) is 1.00. The Hall–Kier alpha value is -0.120. The zero-order valence-corrected chi connectivity index (χ0v) is 7.02. The Labute approximate surface area is 62.6 Å². The summed E-state index contributed by atoms with van der Waals surface area (Å²) in [4.78, 5) is 0. The first-order valence-corrected chi connectivity index (χ1v) is 3.59. The Morgan fingerprint density at radius 3 is 2.30 bits per heavy atom. The fourth-order valence-electron chi connectivity index (χ4n) is 0.507. The highest BCUT2D eigenvalue weighted by atomic mass is 16.3. The summed E-state index contributed by atoms with van der Waals surface area (Å²) in [6.45, 7) is 7.05. The van der Waals surface area contributed by atoms with E-state index >= 15 is 0 Å². The first-order chi connectivity index (χ1) is 4.45. The predicted molar refractivity (Wildman–Crippen MR) is 42.8 cm³/mol. The van der Waals surface area contributed by atoms with Crippen molar-refractivity contribution < 1.29 is 5.11 Å². The molecule has 0 aromatic heterocycles. The zero-order chi connectivity index (χ0) is 8.20. The van der Waals surface area contributed by atoms with Crippen molar-refractivity contribution in [1.29, 1.82) is 0 Å². The first-order valence-electron chi connectivity index (χ1n) is 3.59. The molecule has 1 atom stereocenters. The van der Waals surface area contributed by atoms with Gasteiger partial charge in [0.1, 0.15) is 0 Å². The van der Waals surface area contributed by atoms with Crippen LogP contribution < -0.4 is 11.1 Å². The summed E-state index contributed by atoms with van der Waals surface area (Å²) in [5.74, 6) is 0. The van der Waals surface area contributed by atoms with E-state index in [0.29, 0.717) is 13.1 Å². The van der Waals surface area contributed by atoms with Crippen LogP contribution in [0.25, 0.3) is 0 Å². The van der Waals surface area contributed by atoms with Crippen molar-refractivity contribution in [3.63, 3.8) is 0 Å². The van der Waals surface area contributed by atoms with Crippen molar-refractivity contribution in [2.75, 3.05) is 13.1 Å². The molecule has 0 amide bonds. The molecular formula is C7H18N2O. The van der Waals surface area contributed by atoms with Gasteiger partial charge in [0.15, 0.2) is 0 Å². The summed E-state index contributed by atoms with van der Waals surface area (Å²) in [6.07, 6.45) is -0.417. The van der Waals surface area contributed by atoms with E-state index in [2.05, 4.69) is 26.1 Å². The lowest BCUT2D eigenvalue weighted by molar-refractivity contribution is 0.168. The molecule has 3 heteroatoms. The van der Waals surface area contributed by atoms with Crippen LogP contribution in [0.15, 0.2) is 0 Å². The number of aliphatic hydroxyl groups excluding tert-OH is 1. The average Bonchev–Trinajstić information content (AvgIpc) is 1.81. The smallest absolute Gasteiger partial charge is 0.0786 e. The van der Waals surface area contributed by atoms with E-state index in [1.165, 1.54) is 0 Å². The molecule has 0 saturated heterocycles. The van der Waals surface area contributed by atoms with E-state index in [4.69, 9.17) is 10.8 Å². The maximum absolute atomic E-state index is 9.03. The lowest BCUT2D eigenvalue weighted by atomic mass is 10.1. The van der Waals surface area contributed by atoms with E-state index < -0.39 is 6.10 Å². The summed E-state index contributed by atoms with van der Waals surface area (Å²) in [6, 6.07) is 0. The van der Waals surface area contributed by atoms with Gasteiger partial charge in [-0.2, -0.15) is 0 Å². The van der Waals surface area contributed by atoms with Crippen LogP contribution in [0, 0.1) is 0 Å². The lowest BCUT2D eigenvalue weighted by Crippen LogP contribution is -2.42. The molecule has 0 spiro atoms. The van der Waals surface area contributed by atoms with Gasteiger partial charge in [-0.25, -0.2) is 0 Å². The van der Waals surface area contributed by atoms with Gasteiger partial charge in [-0.15, -0.1) is 0 Å². The van der Waals surface area contributed by atoms with E-state index in [0.717, 1.165) is 0 Å². The molecule has 0 fully saturated rings. The molecule has 0 aliphatic rings. The van der Waals surface area contributed by atoms with Crippen molar-refractivity contribution >= 4 is 0 Å². The van der Waals surface area contributed by atoms with Crippen molar-refractivity contribution in [3.8, 4) is 0 Å². The average molecular weight is 146 g/mol. The number of β-amino-alcohol motifs (C(OH)–C–C–N with tert-alkyl or cyclic N) is 1. The molecule has 0 aliphatic heterocycles. The Kier molecular flexibility index (Phi) is 3.86. The molecule has 10 heavy (non-hydrogen) atoms. The SMILES string of the molecule is CC(C)(C)NCC(O)CN. The summed E-state index contributed by atoms with van der Waals surface area (Å²) < 4.78 is 0. The maximum atomic E-state index is 9.03. The Morgan fingerprint density at radius 1 is 1.50 bits per heavy atom. The third kappa shape index (κ3) is 6.01. The third-order valence-corrected chi connectivity index (χ3v) is 1.14. The minimum absolute atomic E-state index is 0.0656. The summed E-state index contributed by atoms with van der Waals surface area (Å²) >= 11 is 0. The number of aliphatic hydroxyl groups is 1. The van der Waals surface area contributed by atoms with Crippen molar-refractivity contribution in [3.05, 3.63) is 0 Å². The van der Waals surface area contributed by atoms with Crippen LogP contribution in [0.1, 0.15) is 20.8 Å². The van der Waals surface area contributed by atoms with Gasteiger partial charge in [0.25, 0.3) is 0 Å². The van der Waals surface area contributed by atoms with Gasteiger partial charge in [0.2, 0.25) is 0 Å². The molecule has 1 unspecified atom stereocenters. The number of nitrogens with one attached hydrogen (secondary N) is 1. The molecule has 0 aliphatic carbocycles. The Morgan fingerprint density at radius 2 is 2.00 bits per heavy atom. The van der Waals surface area contributed by atoms with Crippen LogP contribution in [0.5, 0.6) is 0 Å². The quantitative estimate of drug-likeness (QED) is 0.512. The van der Waals surface area contributed by atoms with Gasteiger partial charge < -0.3 is 16.2 Å². The molecule has 0 aromatic rings. The molecule has 0 heterocycles. The summed E-state index contributed by atoms with van der Waals surface area (Å²) in [7, 11) is 0. The second-order valence-electron chi connectivity index (χ2n) is 3.52. The number of rotatable bonds is 3. The fourth-order valence-corrected chi connectivity index (χ4v) is 0.507. The Balaban J connectivity index is 3.36. The zero-order valence-electron chi connectivity index (χ0n) is 7.02. The number of hydrogen-bond acceptors (Lipinski definition) is 3. The highest BCUT2D eigenvalue weighted by Crippen LogP contribution is 1.97. The molecule has 0 aromatic carbocycles. The molecule has 0 rings (SSSR count). The molecule has 0 saturated carbocycles. The van der Waals surface area contributed by atoms with Gasteiger partial charge >= 0.3 is 0 Å². The first kappa shape index (κ1) is 9.88. The normalized spacial score (nSPS) is 15.3. The van der Waals surface area contributed by atoms with Gasteiger partial charge in [0, 0.05) is 18.6 Å². The van der Waals surface area contributed by atoms with Crippen molar-refractivity contribution in [1.82, 2.24) is 5.32 Å². The molecule has 0 radical (unpaired) electrons. The monoisotopic (exact) mass is 146 g/mol. The van der Waals surface area contributed by atoms with Crippen LogP contribution >= 0.6 is 0 Å². The largest absolute Gasteiger partial charge is 0.390 e. The molecule has 4 N–H and O–H groups in total. The molecule has 3 nitrogen and oxygen atoms in total. The minimum atomic E-state index is -0.417. The van der Waals surface area contributed by atoms with E-state index in [1.54, 1.807) is 0 Å². The molecular weight excluding hydrogens is 128 g/mol. The van der Waals surface area contributed by atoms with E-state index in [9.17, 15) is 0 Å². The third-order valence-electron chi connectivity index (χ3n) is 1.14. The van der Waals surface area contributed by atoms with Gasteiger partial charge in [-0.05, 0) is 20.8 Å². The highest BCUT2D eigenvalue weighted by Gasteiger charge is 2.10. The summed E-state index contributed by atoms with van der Waals surface area (Å²) in [5.41, 5.74) is 5.28. The van der Waals surface area contributed by atoms with Crippen LogP contribution in [0.4, 0.5) is 0 Å². The van der Waals surface area contributed by atoms with Gasteiger partial charge in [-0.1, -0.05) is 0 Å². The van der Waals surface area contributed by atoms with E-state index in [1.807, 2.05) is 0 Å². The standard InChI is InChI=1S/C7H18N2O/c1-7(2,3)9-5-6(10)4-8/h6,9-10H,4-5,8H2,1-3H3. The van der Waals surface area contributed by atoms with Crippen LogP contribution in [-0.4, -0.2) is 29.8 Å². The second kappa shape index (κ2) is 3.91. The maximum Gasteiger partial charge on any atom is 0.0786 e.